The monoisotopic (exact) mass is 279 g/mol. The summed E-state index contributed by atoms with van der Waals surface area (Å²) in [5.74, 6) is 0.700. The van der Waals surface area contributed by atoms with Crippen molar-refractivity contribution in [2.24, 2.45) is 0 Å². The van der Waals surface area contributed by atoms with Gasteiger partial charge in [-0.05, 0) is 25.1 Å². The minimum Gasteiger partial charge on any atom is -0.360 e. The van der Waals surface area contributed by atoms with Crippen molar-refractivity contribution in [3.05, 3.63) is 42.7 Å². The first-order chi connectivity index (χ1) is 10.4. The van der Waals surface area contributed by atoms with Crippen LogP contribution >= 0.6 is 0 Å². The third kappa shape index (κ3) is 2.36. The Bertz CT molecular complexity index is 758. The molecule has 1 aliphatic rings. The van der Waals surface area contributed by atoms with Crippen LogP contribution in [0.5, 0.6) is 0 Å². The van der Waals surface area contributed by atoms with E-state index in [0.717, 1.165) is 36.3 Å². The number of anilines is 1. The number of H-pyrrole nitrogens is 1. The largest absolute Gasteiger partial charge is 0.360 e. The first kappa shape index (κ1) is 12.3. The Morgan fingerprint density at radius 2 is 2.14 bits per heavy atom. The average molecular weight is 279 g/mol. The van der Waals surface area contributed by atoms with Crippen LogP contribution in [0.3, 0.4) is 0 Å². The van der Waals surface area contributed by atoms with E-state index in [0.29, 0.717) is 12.0 Å². The van der Waals surface area contributed by atoms with Gasteiger partial charge in [0.25, 0.3) is 0 Å². The summed E-state index contributed by atoms with van der Waals surface area (Å²) in [4.78, 5) is 12.3. The van der Waals surface area contributed by atoms with Crippen molar-refractivity contribution in [2.75, 3.05) is 18.4 Å². The predicted molar refractivity (Wildman–Crippen MR) is 84.2 cm³/mol. The van der Waals surface area contributed by atoms with E-state index >= 15 is 0 Å². The van der Waals surface area contributed by atoms with E-state index in [1.165, 1.54) is 5.39 Å². The molecule has 0 radical (unpaired) electrons. The van der Waals surface area contributed by atoms with Crippen molar-refractivity contribution < 1.29 is 0 Å². The number of nitrogens with one attached hydrogen (secondary N) is 3. The maximum absolute atomic E-state index is 4.66. The average Bonchev–Trinajstić information content (AvgIpc) is 3.16. The highest BCUT2D eigenvalue weighted by Crippen LogP contribution is 2.27. The zero-order chi connectivity index (χ0) is 14.1. The highest BCUT2D eigenvalue weighted by atomic mass is 15.1. The van der Waals surface area contributed by atoms with Gasteiger partial charge in [-0.3, -0.25) is 0 Å². The van der Waals surface area contributed by atoms with Gasteiger partial charge in [-0.1, -0.05) is 18.2 Å². The van der Waals surface area contributed by atoms with Gasteiger partial charge in [0.05, 0.1) is 5.69 Å². The highest BCUT2D eigenvalue weighted by Gasteiger charge is 2.15. The van der Waals surface area contributed by atoms with Gasteiger partial charge in [0.2, 0.25) is 5.95 Å². The van der Waals surface area contributed by atoms with Crippen LogP contribution in [-0.2, 0) is 0 Å². The molecule has 106 valence electrons. The van der Waals surface area contributed by atoms with Gasteiger partial charge < -0.3 is 15.6 Å². The number of nitrogens with zero attached hydrogens (tertiary/aromatic N) is 2. The number of rotatable bonds is 3. The molecular weight excluding hydrogens is 262 g/mol. The van der Waals surface area contributed by atoms with E-state index in [4.69, 9.17) is 0 Å². The summed E-state index contributed by atoms with van der Waals surface area (Å²) in [5, 5.41) is 7.92. The Morgan fingerprint density at radius 3 is 3.05 bits per heavy atom. The lowest BCUT2D eigenvalue weighted by atomic mass is 10.1. The highest BCUT2D eigenvalue weighted by molar-refractivity contribution is 5.94. The van der Waals surface area contributed by atoms with Crippen LogP contribution in [0.2, 0.25) is 0 Å². The number of hydrogen-bond acceptors (Lipinski definition) is 4. The molecule has 3 aromatic rings. The summed E-state index contributed by atoms with van der Waals surface area (Å²) >= 11 is 0. The van der Waals surface area contributed by atoms with E-state index in [1.54, 1.807) is 0 Å². The fourth-order valence-electron chi connectivity index (χ4n) is 2.82. The molecule has 4 rings (SSSR count). The SMILES string of the molecule is c1ccc2c(-c3ccnc(NC4CCNC4)n3)c[nH]c2c1. The zero-order valence-electron chi connectivity index (χ0n) is 11.6. The quantitative estimate of drug-likeness (QED) is 0.689. The number of aromatic amines is 1. The second-order valence-electron chi connectivity index (χ2n) is 5.35. The minimum atomic E-state index is 0.420. The van der Waals surface area contributed by atoms with Gasteiger partial charge >= 0.3 is 0 Å². The molecule has 0 saturated carbocycles. The molecule has 1 fully saturated rings. The van der Waals surface area contributed by atoms with Gasteiger partial charge in [-0.25, -0.2) is 9.97 Å². The molecule has 0 spiro atoms. The van der Waals surface area contributed by atoms with E-state index < -0.39 is 0 Å². The van der Waals surface area contributed by atoms with Crippen LogP contribution in [0, 0.1) is 0 Å². The maximum atomic E-state index is 4.66. The summed E-state index contributed by atoms with van der Waals surface area (Å²) in [5.41, 5.74) is 3.18. The number of aromatic nitrogens is 3. The molecule has 1 saturated heterocycles. The normalized spacial score (nSPS) is 18.2. The molecule has 3 N–H and O–H groups in total. The number of hydrogen-bond donors (Lipinski definition) is 3. The zero-order valence-corrected chi connectivity index (χ0v) is 11.6. The molecule has 5 heteroatoms. The lowest BCUT2D eigenvalue weighted by Gasteiger charge is -2.11. The van der Waals surface area contributed by atoms with Crippen LogP contribution < -0.4 is 10.6 Å². The third-order valence-electron chi connectivity index (χ3n) is 3.91. The van der Waals surface area contributed by atoms with Crippen LogP contribution in [0.15, 0.2) is 42.7 Å². The smallest absolute Gasteiger partial charge is 0.223 e. The first-order valence-electron chi connectivity index (χ1n) is 7.27. The van der Waals surface area contributed by atoms with Gasteiger partial charge in [-0.15, -0.1) is 0 Å². The second kappa shape index (κ2) is 5.18. The summed E-state index contributed by atoms with van der Waals surface area (Å²) in [6, 6.07) is 10.6. The molecule has 1 aliphatic heterocycles. The first-order valence-corrected chi connectivity index (χ1v) is 7.27. The lowest BCUT2D eigenvalue weighted by molar-refractivity contribution is 0.781. The summed E-state index contributed by atoms with van der Waals surface area (Å²) < 4.78 is 0. The summed E-state index contributed by atoms with van der Waals surface area (Å²) in [6.07, 6.45) is 4.93. The molecule has 0 amide bonds. The number of benzene rings is 1. The fourth-order valence-corrected chi connectivity index (χ4v) is 2.82. The second-order valence-corrected chi connectivity index (χ2v) is 5.35. The Labute approximate surface area is 122 Å². The Kier molecular flexibility index (Phi) is 3.05. The molecule has 3 heterocycles. The summed E-state index contributed by atoms with van der Waals surface area (Å²) in [7, 11) is 0. The Morgan fingerprint density at radius 1 is 1.19 bits per heavy atom. The molecular formula is C16H17N5. The standard InChI is InChI=1S/C16H17N5/c1-2-4-14-12(3-1)13(10-19-14)15-6-8-18-16(21-15)20-11-5-7-17-9-11/h1-4,6,8,10-11,17,19H,5,7,9H2,(H,18,20,21). The topological polar surface area (TPSA) is 65.6 Å². The van der Waals surface area contributed by atoms with Crippen molar-refractivity contribution in [2.45, 2.75) is 12.5 Å². The van der Waals surface area contributed by atoms with Crippen molar-refractivity contribution in [3.63, 3.8) is 0 Å². The number of para-hydroxylation sites is 1. The van der Waals surface area contributed by atoms with Crippen LogP contribution in [0.25, 0.3) is 22.2 Å². The lowest BCUT2D eigenvalue weighted by Crippen LogP contribution is -2.23. The fraction of sp³-hybridized carbons (Fsp3) is 0.250. The summed E-state index contributed by atoms with van der Waals surface area (Å²) in [6.45, 7) is 2.03. The maximum Gasteiger partial charge on any atom is 0.223 e. The molecule has 1 atom stereocenters. The van der Waals surface area contributed by atoms with Gasteiger partial charge in [0, 0.05) is 41.4 Å². The van der Waals surface area contributed by atoms with Crippen LogP contribution in [-0.4, -0.2) is 34.1 Å². The van der Waals surface area contributed by atoms with Crippen molar-refractivity contribution >= 4 is 16.9 Å². The molecule has 1 unspecified atom stereocenters. The van der Waals surface area contributed by atoms with E-state index in [1.807, 2.05) is 30.6 Å². The minimum absolute atomic E-state index is 0.420. The van der Waals surface area contributed by atoms with Crippen molar-refractivity contribution in [1.29, 1.82) is 0 Å². The van der Waals surface area contributed by atoms with Gasteiger partial charge in [-0.2, -0.15) is 0 Å². The molecule has 21 heavy (non-hydrogen) atoms. The van der Waals surface area contributed by atoms with Crippen molar-refractivity contribution in [1.82, 2.24) is 20.3 Å². The molecule has 5 nitrogen and oxygen atoms in total. The van der Waals surface area contributed by atoms with Crippen LogP contribution in [0.4, 0.5) is 5.95 Å². The van der Waals surface area contributed by atoms with E-state index in [-0.39, 0.29) is 0 Å². The third-order valence-corrected chi connectivity index (χ3v) is 3.91. The van der Waals surface area contributed by atoms with Crippen LogP contribution in [0.1, 0.15) is 6.42 Å². The van der Waals surface area contributed by atoms with E-state index in [2.05, 4.69) is 37.7 Å². The van der Waals surface area contributed by atoms with Gasteiger partial charge in [0.15, 0.2) is 0 Å². The predicted octanol–water partition coefficient (Wildman–Crippen LogP) is 2.40. The van der Waals surface area contributed by atoms with Gasteiger partial charge in [0.1, 0.15) is 0 Å². The molecule has 0 bridgehead atoms. The molecule has 1 aromatic carbocycles. The van der Waals surface area contributed by atoms with Crippen molar-refractivity contribution in [3.8, 4) is 11.3 Å². The number of fused-ring (bicyclic) bond motifs is 1. The Hall–Kier alpha value is -2.40. The molecule has 0 aliphatic carbocycles. The Balaban J connectivity index is 1.68. The molecule has 2 aromatic heterocycles. The van der Waals surface area contributed by atoms with E-state index in [9.17, 15) is 0 Å².